The zero-order valence-electron chi connectivity index (χ0n) is 9.49. The minimum absolute atomic E-state index is 0.167. The van der Waals surface area contributed by atoms with Gasteiger partial charge in [-0.2, -0.15) is 5.10 Å². The fraction of sp³-hybridized carbons (Fsp3) is 0.667. The molecule has 1 aromatic heterocycles. The minimum atomic E-state index is -3.50. The van der Waals surface area contributed by atoms with Crippen molar-refractivity contribution < 1.29 is 8.42 Å². The van der Waals surface area contributed by atoms with Gasteiger partial charge in [-0.25, -0.2) is 13.1 Å². The van der Waals surface area contributed by atoms with Gasteiger partial charge in [-0.15, -0.1) is 11.6 Å². The standard InChI is InChI=1S/C9H16ClN3O2S/c1-6(2)8(10)4-12-16(14,15)9-5-11-13-7(9)3/h5-6,8,12H,4H2,1-3H3,(H,11,13). The second kappa shape index (κ2) is 5.16. The molecule has 0 saturated heterocycles. The number of nitrogens with one attached hydrogen (secondary N) is 2. The quantitative estimate of drug-likeness (QED) is 0.787. The second-order valence-electron chi connectivity index (χ2n) is 3.97. The molecule has 0 bridgehead atoms. The number of hydrogen-bond donors (Lipinski definition) is 2. The van der Waals surface area contributed by atoms with Crippen LogP contribution in [0.25, 0.3) is 0 Å². The number of aryl methyl sites for hydroxylation is 1. The molecule has 0 radical (unpaired) electrons. The van der Waals surface area contributed by atoms with Crippen LogP contribution in [0, 0.1) is 12.8 Å². The third-order valence-corrected chi connectivity index (χ3v) is 4.46. The Bertz CT molecular complexity index is 441. The van der Waals surface area contributed by atoms with Crippen molar-refractivity contribution in [1.29, 1.82) is 0 Å². The van der Waals surface area contributed by atoms with Crippen LogP contribution in [-0.2, 0) is 10.0 Å². The number of halogens is 1. The molecule has 1 unspecified atom stereocenters. The molecule has 16 heavy (non-hydrogen) atoms. The van der Waals surface area contributed by atoms with Gasteiger partial charge >= 0.3 is 0 Å². The van der Waals surface area contributed by atoms with Gasteiger partial charge < -0.3 is 0 Å². The molecule has 92 valence electrons. The van der Waals surface area contributed by atoms with E-state index in [1.165, 1.54) is 6.20 Å². The highest BCUT2D eigenvalue weighted by atomic mass is 35.5. The Kier molecular flexibility index (Phi) is 4.35. The molecule has 0 saturated carbocycles. The second-order valence-corrected chi connectivity index (χ2v) is 6.27. The number of nitrogens with zero attached hydrogens (tertiary/aromatic N) is 1. The summed E-state index contributed by atoms with van der Waals surface area (Å²) < 4.78 is 26.1. The number of H-pyrrole nitrogens is 1. The van der Waals surface area contributed by atoms with Gasteiger partial charge in [-0.3, -0.25) is 5.10 Å². The molecule has 0 aliphatic heterocycles. The minimum Gasteiger partial charge on any atom is -0.281 e. The summed E-state index contributed by atoms with van der Waals surface area (Å²) in [5, 5.41) is 6.04. The monoisotopic (exact) mass is 265 g/mol. The Labute approximate surface area is 101 Å². The molecule has 2 N–H and O–H groups in total. The molecule has 1 rings (SSSR count). The maximum absolute atomic E-state index is 11.8. The first kappa shape index (κ1) is 13.5. The summed E-state index contributed by atoms with van der Waals surface area (Å²) in [6, 6.07) is 0. The van der Waals surface area contributed by atoms with Crippen LogP contribution in [0.2, 0.25) is 0 Å². The molecule has 1 aromatic rings. The van der Waals surface area contributed by atoms with E-state index in [0.29, 0.717) is 5.69 Å². The van der Waals surface area contributed by atoms with Crippen molar-refractivity contribution in [1.82, 2.24) is 14.9 Å². The molecule has 7 heteroatoms. The van der Waals surface area contributed by atoms with Crippen LogP contribution >= 0.6 is 11.6 Å². The Morgan fingerprint density at radius 2 is 2.19 bits per heavy atom. The van der Waals surface area contributed by atoms with Crippen molar-refractivity contribution in [3.63, 3.8) is 0 Å². The highest BCUT2D eigenvalue weighted by Crippen LogP contribution is 2.13. The van der Waals surface area contributed by atoms with Crippen LogP contribution in [0.4, 0.5) is 0 Å². The van der Waals surface area contributed by atoms with E-state index in [9.17, 15) is 8.42 Å². The largest absolute Gasteiger partial charge is 0.281 e. The van der Waals surface area contributed by atoms with E-state index in [1.807, 2.05) is 13.8 Å². The summed E-state index contributed by atoms with van der Waals surface area (Å²) in [6.45, 7) is 5.75. The Morgan fingerprint density at radius 3 is 2.62 bits per heavy atom. The van der Waals surface area contributed by atoms with Gasteiger partial charge in [0.2, 0.25) is 10.0 Å². The molecule has 0 spiro atoms. The van der Waals surface area contributed by atoms with Crippen LogP contribution in [0.3, 0.4) is 0 Å². The maximum Gasteiger partial charge on any atom is 0.243 e. The topological polar surface area (TPSA) is 74.8 Å². The van der Waals surface area contributed by atoms with Crippen molar-refractivity contribution in [2.45, 2.75) is 31.0 Å². The van der Waals surface area contributed by atoms with E-state index in [0.717, 1.165) is 0 Å². The van der Waals surface area contributed by atoms with Gasteiger partial charge in [0, 0.05) is 11.9 Å². The zero-order valence-corrected chi connectivity index (χ0v) is 11.1. The summed E-state index contributed by atoms with van der Waals surface area (Å²) in [5.41, 5.74) is 0.517. The normalized spacial score (nSPS) is 14.3. The lowest BCUT2D eigenvalue weighted by atomic mass is 10.1. The average Bonchev–Trinajstić information content (AvgIpc) is 2.61. The van der Waals surface area contributed by atoms with Gasteiger partial charge in [0.05, 0.1) is 11.9 Å². The third kappa shape index (κ3) is 3.20. The number of sulfonamides is 1. The van der Waals surface area contributed by atoms with Gasteiger partial charge in [0.1, 0.15) is 4.90 Å². The van der Waals surface area contributed by atoms with Gasteiger partial charge in [0.15, 0.2) is 0 Å². The molecule has 0 aliphatic rings. The van der Waals surface area contributed by atoms with Crippen molar-refractivity contribution in [2.75, 3.05) is 6.54 Å². The summed E-state index contributed by atoms with van der Waals surface area (Å²) >= 11 is 5.97. The molecule has 0 fully saturated rings. The van der Waals surface area contributed by atoms with Crippen molar-refractivity contribution in [3.8, 4) is 0 Å². The first-order valence-corrected chi connectivity index (χ1v) is 6.90. The lowest BCUT2D eigenvalue weighted by Crippen LogP contribution is -2.32. The fourth-order valence-electron chi connectivity index (χ4n) is 1.11. The number of aromatic amines is 1. The SMILES string of the molecule is Cc1[nH]ncc1S(=O)(=O)NCC(Cl)C(C)C. The average molecular weight is 266 g/mol. The number of rotatable bonds is 5. The van der Waals surface area contributed by atoms with Crippen LogP contribution in [0.15, 0.2) is 11.1 Å². The lowest BCUT2D eigenvalue weighted by Gasteiger charge is -2.13. The van der Waals surface area contributed by atoms with E-state index in [-0.39, 0.29) is 22.7 Å². The first-order chi connectivity index (χ1) is 7.34. The summed E-state index contributed by atoms with van der Waals surface area (Å²) in [6.07, 6.45) is 1.29. The maximum atomic E-state index is 11.8. The van der Waals surface area contributed by atoms with E-state index >= 15 is 0 Å². The lowest BCUT2D eigenvalue weighted by molar-refractivity contribution is 0.556. The first-order valence-electron chi connectivity index (χ1n) is 4.98. The summed E-state index contributed by atoms with van der Waals surface area (Å²) in [5.74, 6) is 0.217. The van der Waals surface area contributed by atoms with E-state index in [4.69, 9.17) is 11.6 Å². The number of alkyl halides is 1. The predicted octanol–water partition coefficient (Wildman–Crippen LogP) is 1.26. The Hall–Kier alpha value is -0.590. The van der Waals surface area contributed by atoms with Crippen molar-refractivity contribution in [2.24, 2.45) is 5.92 Å². The molecular formula is C9H16ClN3O2S. The molecule has 0 aromatic carbocycles. The molecule has 1 heterocycles. The van der Waals surface area contributed by atoms with Gasteiger partial charge in [-0.1, -0.05) is 13.8 Å². The molecule has 0 amide bonds. The number of aromatic nitrogens is 2. The van der Waals surface area contributed by atoms with Crippen molar-refractivity contribution >= 4 is 21.6 Å². The zero-order chi connectivity index (χ0) is 12.3. The van der Waals surface area contributed by atoms with E-state index < -0.39 is 10.0 Å². The molecular weight excluding hydrogens is 250 g/mol. The number of hydrogen-bond acceptors (Lipinski definition) is 3. The molecule has 0 aliphatic carbocycles. The van der Waals surface area contributed by atoms with Crippen LogP contribution in [0.1, 0.15) is 19.5 Å². The van der Waals surface area contributed by atoms with Gasteiger partial charge in [0.25, 0.3) is 0 Å². The Balaban J connectivity index is 2.71. The fourth-order valence-corrected chi connectivity index (χ4v) is 2.48. The van der Waals surface area contributed by atoms with E-state index in [2.05, 4.69) is 14.9 Å². The predicted molar refractivity (Wildman–Crippen MR) is 63.0 cm³/mol. The van der Waals surface area contributed by atoms with Crippen LogP contribution in [-0.4, -0.2) is 30.5 Å². The van der Waals surface area contributed by atoms with Crippen LogP contribution < -0.4 is 4.72 Å². The molecule has 5 nitrogen and oxygen atoms in total. The van der Waals surface area contributed by atoms with Crippen molar-refractivity contribution in [3.05, 3.63) is 11.9 Å². The highest BCUT2D eigenvalue weighted by Gasteiger charge is 2.20. The van der Waals surface area contributed by atoms with Gasteiger partial charge in [-0.05, 0) is 12.8 Å². The van der Waals surface area contributed by atoms with Crippen LogP contribution in [0.5, 0.6) is 0 Å². The molecule has 1 atom stereocenters. The highest BCUT2D eigenvalue weighted by molar-refractivity contribution is 7.89. The third-order valence-electron chi connectivity index (χ3n) is 2.26. The summed E-state index contributed by atoms with van der Waals surface area (Å²) in [4.78, 5) is 0.167. The summed E-state index contributed by atoms with van der Waals surface area (Å²) in [7, 11) is -3.50. The Morgan fingerprint density at radius 1 is 1.56 bits per heavy atom. The van der Waals surface area contributed by atoms with E-state index in [1.54, 1.807) is 6.92 Å². The smallest absolute Gasteiger partial charge is 0.243 e.